The second-order valence-electron chi connectivity index (χ2n) is 4.50. The number of nitrogens with zero attached hydrogens (tertiary/aromatic N) is 1. The molecule has 0 aliphatic heterocycles. The highest BCUT2D eigenvalue weighted by Crippen LogP contribution is 2.02. The van der Waals surface area contributed by atoms with Crippen molar-refractivity contribution in [3.8, 4) is 11.8 Å². The van der Waals surface area contributed by atoms with Crippen LogP contribution in [0.4, 0.5) is 4.79 Å². The molecule has 2 aromatic rings. The first kappa shape index (κ1) is 16.1. The van der Waals surface area contributed by atoms with Gasteiger partial charge >= 0.3 is 12.1 Å². The molecule has 7 heteroatoms. The number of carboxylic acid groups (broad SMARTS) is 1. The summed E-state index contributed by atoms with van der Waals surface area (Å²) in [6.45, 7) is 0.510. The van der Waals surface area contributed by atoms with Crippen molar-refractivity contribution in [2.24, 2.45) is 0 Å². The average Bonchev–Trinajstić information content (AvgIpc) is 3.02. The first-order valence-electron chi connectivity index (χ1n) is 6.87. The van der Waals surface area contributed by atoms with Crippen LogP contribution in [0.3, 0.4) is 0 Å². The topological polar surface area (TPSA) is 104 Å². The normalized spacial score (nSPS) is 9.57. The highest BCUT2D eigenvalue weighted by atomic mass is 16.5. The number of H-pyrrole nitrogens is 1. The molecule has 0 radical (unpaired) electrons. The summed E-state index contributed by atoms with van der Waals surface area (Å²) in [4.78, 5) is 22.3. The van der Waals surface area contributed by atoms with E-state index in [1.807, 2.05) is 30.3 Å². The number of carbonyl (C=O) groups is 2. The molecule has 118 valence electrons. The molecule has 0 saturated heterocycles. The van der Waals surface area contributed by atoms with E-state index < -0.39 is 12.1 Å². The number of rotatable bonds is 5. The smallest absolute Gasteiger partial charge is 0.407 e. The summed E-state index contributed by atoms with van der Waals surface area (Å²) in [5.41, 5.74) is 1.17. The number of aromatic carboxylic acids is 1. The largest absolute Gasteiger partial charge is 0.476 e. The Morgan fingerprint density at radius 1 is 1.30 bits per heavy atom. The zero-order valence-electron chi connectivity index (χ0n) is 12.2. The predicted molar refractivity (Wildman–Crippen MR) is 81.7 cm³/mol. The molecule has 1 amide bonds. The van der Waals surface area contributed by atoms with Crippen LogP contribution in [0.5, 0.6) is 0 Å². The summed E-state index contributed by atoms with van der Waals surface area (Å²) < 4.78 is 5.04. The van der Waals surface area contributed by atoms with Gasteiger partial charge in [-0.25, -0.2) is 9.59 Å². The minimum Gasteiger partial charge on any atom is -0.476 e. The molecule has 0 spiro atoms. The first-order chi connectivity index (χ1) is 11.2. The second-order valence-corrected chi connectivity index (χ2v) is 4.50. The summed E-state index contributed by atoms with van der Waals surface area (Å²) in [6.07, 6.45) is 1.19. The molecule has 0 aliphatic carbocycles. The van der Waals surface area contributed by atoms with Gasteiger partial charge in [0.2, 0.25) is 0 Å². The molecule has 2 rings (SSSR count). The zero-order valence-corrected chi connectivity index (χ0v) is 12.2. The van der Waals surface area contributed by atoms with Crippen LogP contribution in [0, 0.1) is 11.8 Å². The number of hydrogen-bond acceptors (Lipinski definition) is 4. The molecule has 0 atom stereocenters. The molecular formula is C16H15N3O4. The molecule has 0 aliphatic rings. The van der Waals surface area contributed by atoms with Gasteiger partial charge in [0.15, 0.2) is 5.69 Å². The molecular weight excluding hydrogens is 298 g/mol. The Kier molecular flexibility index (Phi) is 5.77. The van der Waals surface area contributed by atoms with Crippen LogP contribution in [0.25, 0.3) is 0 Å². The predicted octanol–water partition coefficient (Wildman–Crippen LogP) is 1.78. The Balaban J connectivity index is 1.69. The molecule has 0 bridgehead atoms. The van der Waals surface area contributed by atoms with Crippen molar-refractivity contribution in [2.75, 3.05) is 6.54 Å². The molecule has 0 fully saturated rings. The van der Waals surface area contributed by atoms with Crippen molar-refractivity contribution in [1.29, 1.82) is 0 Å². The molecule has 1 aromatic carbocycles. The maximum Gasteiger partial charge on any atom is 0.407 e. The first-order valence-corrected chi connectivity index (χ1v) is 6.87. The van der Waals surface area contributed by atoms with Crippen molar-refractivity contribution < 1.29 is 19.4 Å². The van der Waals surface area contributed by atoms with Crippen LogP contribution in [0.15, 0.2) is 36.5 Å². The van der Waals surface area contributed by atoms with Crippen molar-refractivity contribution in [1.82, 2.24) is 15.5 Å². The van der Waals surface area contributed by atoms with E-state index >= 15 is 0 Å². The maximum atomic E-state index is 11.5. The van der Waals surface area contributed by atoms with Gasteiger partial charge in [-0.1, -0.05) is 42.2 Å². The summed E-state index contributed by atoms with van der Waals surface area (Å²) in [5, 5.41) is 17.4. The second kappa shape index (κ2) is 8.24. The van der Waals surface area contributed by atoms with E-state index in [1.165, 1.54) is 6.20 Å². The molecule has 1 heterocycles. The van der Waals surface area contributed by atoms with E-state index in [2.05, 4.69) is 27.4 Å². The lowest BCUT2D eigenvalue weighted by atomic mass is 10.2. The van der Waals surface area contributed by atoms with Crippen LogP contribution >= 0.6 is 0 Å². The number of ether oxygens (including phenoxy) is 1. The monoisotopic (exact) mass is 313 g/mol. The van der Waals surface area contributed by atoms with E-state index in [-0.39, 0.29) is 12.3 Å². The highest BCUT2D eigenvalue weighted by molar-refractivity contribution is 5.88. The maximum absolute atomic E-state index is 11.5. The number of hydrogen-bond donors (Lipinski definition) is 3. The van der Waals surface area contributed by atoms with Crippen LogP contribution in [0.2, 0.25) is 0 Å². The van der Waals surface area contributed by atoms with Gasteiger partial charge in [-0.15, -0.1) is 0 Å². The van der Waals surface area contributed by atoms with Crippen molar-refractivity contribution in [2.45, 2.75) is 13.0 Å². The van der Waals surface area contributed by atoms with Gasteiger partial charge in [-0.2, -0.15) is 5.10 Å². The van der Waals surface area contributed by atoms with Crippen molar-refractivity contribution in [3.05, 3.63) is 53.3 Å². The lowest BCUT2D eigenvalue weighted by molar-refractivity contribution is 0.0690. The number of aromatic amines is 1. The molecule has 23 heavy (non-hydrogen) atoms. The fourth-order valence-corrected chi connectivity index (χ4v) is 1.70. The fourth-order valence-electron chi connectivity index (χ4n) is 1.70. The number of amides is 1. The zero-order chi connectivity index (χ0) is 16.5. The molecule has 1 aromatic heterocycles. The van der Waals surface area contributed by atoms with Gasteiger partial charge in [0.1, 0.15) is 6.61 Å². The summed E-state index contributed by atoms with van der Waals surface area (Å²) >= 11 is 0. The minimum atomic E-state index is -1.12. The fraction of sp³-hybridized carbons (Fsp3) is 0.188. The van der Waals surface area contributed by atoms with E-state index in [0.29, 0.717) is 18.5 Å². The Morgan fingerprint density at radius 3 is 2.83 bits per heavy atom. The van der Waals surface area contributed by atoms with Crippen LogP contribution in [-0.2, 0) is 11.3 Å². The Morgan fingerprint density at radius 2 is 2.09 bits per heavy atom. The third-order valence-electron chi connectivity index (χ3n) is 2.81. The van der Waals surface area contributed by atoms with Crippen molar-refractivity contribution in [3.63, 3.8) is 0 Å². The Labute approximate surface area is 132 Å². The summed E-state index contributed by atoms with van der Waals surface area (Å²) in [6, 6.07) is 9.35. The minimum absolute atomic E-state index is 0.0484. The van der Waals surface area contributed by atoms with Gasteiger partial charge in [-0.05, 0) is 5.56 Å². The standard InChI is InChI=1S/C16H15N3O4/c20-15(21)14-13(10-18-19-14)8-4-5-9-17-16(22)23-11-12-6-2-1-3-7-12/h1-3,6-7,10H,5,9,11H2,(H,17,22)(H,18,19)(H,20,21). The van der Waals surface area contributed by atoms with E-state index in [9.17, 15) is 9.59 Å². The molecule has 0 saturated carbocycles. The molecule has 0 unspecified atom stereocenters. The summed E-state index contributed by atoms with van der Waals surface area (Å²) in [7, 11) is 0. The highest BCUT2D eigenvalue weighted by Gasteiger charge is 2.09. The molecule has 3 N–H and O–H groups in total. The SMILES string of the molecule is O=C(NCCC#Cc1cn[nH]c1C(=O)O)OCc1ccccc1. The van der Waals surface area contributed by atoms with E-state index in [4.69, 9.17) is 9.84 Å². The Bertz CT molecular complexity index is 729. The molecule has 7 nitrogen and oxygen atoms in total. The number of carbonyl (C=O) groups excluding carboxylic acids is 1. The average molecular weight is 313 g/mol. The van der Waals surface area contributed by atoms with E-state index in [0.717, 1.165) is 5.56 Å². The Hall–Kier alpha value is -3.27. The third kappa shape index (κ3) is 5.21. The van der Waals surface area contributed by atoms with E-state index in [1.54, 1.807) is 0 Å². The van der Waals surface area contributed by atoms with Gasteiger partial charge in [0.05, 0.1) is 11.8 Å². The van der Waals surface area contributed by atoms with Gasteiger partial charge in [-0.3, -0.25) is 5.10 Å². The number of aromatic nitrogens is 2. The summed E-state index contributed by atoms with van der Waals surface area (Å²) in [5.74, 6) is 4.34. The number of carboxylic acids is 1. The van der Waals surface area contributed by atoms with Crippen LogP contribution in [0.1, 0.15) is 28.0 Å². The van der Waals surface area contributed by atoms with Crippen LogP contribution in [-0.4, -0.2) is 33.9 Å². The third-order valence-corrected chi connectivity index (χ3v) is 2.81. The van der Waals surface area contributed by atoms with Gasteiger partial charge in [0, 0.05) is 13.0 Å². The lowest BCUT2D eigenvalue weighted by Gasteiger charge is -2.05. The van der Waals surface area contributed by atoms with Crippen LogP contribution < -0.4 is 5.32 Å². The number of alkyl carbamates (subject to hydrolysis) is 1. The number of benzene rings is 1. The van der Waals surface area contributed by atoms with Crippen molar-refractivity contribution >= 4 is 12.1 Å². The lowest BCUT2D eigenvalue weighted by Crippen LogP contribution is -2.24. The number of nitrogens with one attached hydrogen (secondary N) is 2. The van der Waals surface area contributed by atoms with Gasteiger partial charge < -0.3 is 15.2 Å². The van der Waals surface area contributed by atoms with Gasteiger partial charge in [0.25, 0.3) is 0 Å². The quantitative estimate of drug-likeness (QED) is 0.576.